The summed E-state index contributed by atoms with van der Waals surface area (Å²) in [6.45, 7) is 11.4. The van der Waals surface area contributed by atoms with Crippen LogP contribution in [-0.4, -0.2) is 25.0 Å². The average Bonchev–Trinajstić information content (AvgIpc) is 2.72. The van der Waals surface area contributed by atoms with Crippen molar-refractivity contribution in [2.24, 2.45) is 5.92 Å². The molecule has 30 heavy (non-hydrogen) atoms. The molecule has 0 bridgehead atoms. The number of hydrogen-bond acceptors (Lipinski definition) is 4. The number of unbranched alkanes of at least 4 members (excludes halogenated alkanes) is 10. The highest BCUT2D eigenvalue weighted by molar-refractivity contribution is 5.79. The van der Waals surface area contributed by atoms with Crippen LogP contribution in [0.15, 0.2) is 12.3 Å². The van der Waals surface area contributed by atoms with Gasteiger partial charge in [0.25, 0.3) is 0 Å². The van der Waals surface area contributed by atoms with Crippen LogP contribution in [-0.2, 0) is 19.1 Å². The molecule has 0 N–H and O–H groups in total. The highest BCUT2D eigenvalue weighted by Crippen LogP contribution is 2.21. The maximum atomic E-state index is 12.2. The Morgan fingerprint density at radius 2 is 1.17 bits per heavy atom. The number of ketones is 1. The van der Waals surface area contributed by atoms with Crippen molar-refractivity contribution < 1.29 is 19.1 Å². The summed E-state index contributed by atoms with van der Waals surface area (Å²) >= 11 is 0. The van der Waals surface area contributed by atoms with E-state index >= 15 is 0 Å². The second-order valence-corrected chi connectivity index (χ2v) is 8.51. The smallest absolute Gasteiger partial charge is 0.306 e. The predicted octanol–water partition coefficient (Wildman–Crippen LogP) is 7.55. The van der Waals surface area contributed by atoms with E-state index in [9.17, 15) is 9.59 Å². The summed E-state index contributed by atoms with van der Waals surface area (Å²) in [4.78, 5) is 24.2. The van der Waals surface area contributed by atoms with Gasteiger partial charge in [0.1, 0.15) is 5.78 Å². The van der Waals surface area contributed by atoms with E-state index in [4.69, 9.17) is 9.47 Å². The first-order chi connectivity index (χ1) is 14.5. The molecule has 0 spiro atoms. The maximum absolute atomic E-state index is 12.2. The summed E-state index contributed by atoms with van der Waals surface area (Å²) < 4.78 is 11.2. The molecular formula is C26H48O4. The summed E-state index contributed by atoms with van der Waals surface area (Å²) in [6, 6.07) is 0. The van der Waals surface area contributed by atoms with Crippen LogP contribution in [0, 0.1) is 5.92 Å². The largest absolute Gasteiger partial charge is 0.499 e. The third-order valence-corrected chi connectivity index (χ3v) is 5.45. The van der Waals surface area contributed by atoms with E-state index < -0.39 is 0 Å². The van der Waals surface area contributed by atoms with Crippen LogP contribution in [0.1, 0.15) is 124 Å². The minimum absolute atomic E-state index is 0.0773. The number of rotatable bonds is 22. The Morgan fingerprint density at radius 1 is 0.667 bits per heavy atom. The average molecular weight is 425 g/mol. The molecule has 176 valence electrons. The fraction of sp³-hybridized carbons (Fsp3) is 0.846. The number of carbonyl (C=O) groups is 2. The van der Waals surface area contributed by atoms with Gasteiger partial charge in [-0.15, -0.1) is 0 Å². The van der Waals surface area contributed by atoms with Crippen LogP contribution >= 0.6 is 0 Å². The summed E-state index contributed by atoms with van der Waals surface area (Å²) in [5.41, 5.74) is 0. The van der Waals surface area contributed by atoms with Gasteiger partial charge in [-0.1, -0.05) is 91.6 Å². The van der Waals surface area contributed by atoms with Gasteiger partial charge >= 0.3 is 5.97 Å². The van der Waals surface area contributed by atoms with E-state index in [0.29, 0.717) is 38.2 Å². The van der Waals surface area contributed by atoms with Crippen molar-refractivity contribution in [1.82, 2.24) is 0 Å². The molecule has 4 nitrogen and oxygen atoms in total. The van der Waals surface area contributed by atoms with E-state index in [2.05, 4.69) is 20.4 Å². The molecule has 0 radical (unpaired) electrons. The Labute approximate surface area is 186 Å². The van der Waals surface area contributed by atoms with Crippen LogP contribution < -0.4 is 0 Å². The van der Waals surface area contributed by atoms with E-state index in [1.165, 1.54) is 57.8 Å². The molecule has 0 rings (SSSR count). The lowest BCUT2D eigenvalue weighted by Gasteiger charge is -2.17. The third-order valence-electron chi connectivity index (χ3n) is 5.45. The molecule has 0 aromatic rings. The quantitative estimate of drug-likeness (QED) is 0.102. The molecule has 0 fully saturated rings. The third kappa shape index (κ3) is 18.7. The molecule has 0 saturated heterocycles. The van der Waals surface area contributed by atoms with Gasteiger partial charge in [-0.2, -0.15) is 0 Å². The Balaban J connectivity index is 4.12. The summed E-state index contributed by atoms with van der Waals surface area (Å²) in [6.07, 6.45) is 16.0. The summed E-state index contributed by atoms with van der Waals surface area (Å²) in [7, 11) is 0. The zero-order valence-corrected chi connectivity index (χ0v) is 20.1. The molecule has 0 heterocycles. The molecule has 4 heteroatoms. The van der Waals surface area contributed by atoms with Crippen molar-refractivity contribution in [3.8, 4) is 0 Å². The molecule has 0 aromatic carbocycles. The minimum Gasteiger partial charge on any atom is -0.499 e. The Kier molecular flexibility index (Phi) is 20.0. The second kappa shape index (κ2) is 20.9. The van der Waals surface area contributed by atoms with E-state index in [0.717, 1.165) is 19.3 Å². The molecule has 0 aliphatic carbocycles. The van der Waals surface area contributed by atoms with Gasteiger partial charge in [-0.05, 0) is 18.8 Å². The normalized spacial score (nSPS) is 11.8. The maximum Gasteiger partial charge on any atom is 0.306 e. The molecule has 1 atom stereocenters. The lowest BCUT2D eigenvalue weighted by atomic mass is 9.93. The number of Topliss-reactive ketones (excluding diaryl/α,β-unsaturated/α-hetero) is 1. The van der Waals surface area contributed by atoms with Gasteiger partial charge in [0.2, 0.25) is 0 Å². The Bertz CT molecular complexity index is 412. The van der Waals surface area contributed by atoms with Crippen molar-refractivity contribution in [1.29, 1.82) is 0 Å². The summed E-state index contributed by atoms with van der Waals surface area (Å²) in [5.74, 6) is 0.571. The number of esters is 1. The van der Waals surface area contributed by atoms with Crippen molar-refractivity contribution in [3.63, 3.8) is 0 Å². The van der Waals surface area contributed by atoms with Gasteiger partial charge in [0.15, 0.2) is 0 Å². The van der Waals surface area contributed by atoms with Crippen LogP contribution in [0.2, 0.25) is 0 Å². The van der Waals surface area contributed by atoms with Crippen molar-refractivity contribution in [3.05, 3.63) is 12.3 Å². The SMILES string of the molecule is C=C(CC(CC(=O)CC)CC(=O)OCCCCCCCC)OCCCCCCCC. The Morgan fingerprint density at radius 3 is 1.70 bits per heavy atom. The van der Waals surface area contributed by atoms with Crippen molar-refractivity contribution in [2.45, 2.75) is 124 Å². The zero-order valence-electron chi connectivity index (χ0n) is 20.1. The van der Waals surface area contributed by atoms with Gasteiger partial charge in [-0.25, -0.2) is 0 Å². The number of ether oxygens (including phenoxy) is 2. The molecule has 0 amide bonds. The van der Waals surface area contributed by atoms with Gasteiger partial charge in [0.05, 0.1) is 19.0 Å². The first-order valence-corrected chi connectivity index (χ1v) is 12.5. The van der Waals surface area contributed by atoms with Gasteiger partial charge < -0.3 is 9.47 Å². The first-order valence-electron chi connectivity index (χ1n) is 12.5. The van der Waals surface area contributed by atoms with Crippen LogP contribution in [0.3, 0.4) is 0 Å². The van der Waals surface area contributed by atoms with Crippen molar-refractivity contribution in [2.75, 3.05) is 13.2 Å². The number of hydrogen-bond donors (Lipinski definition) is 0. The van der Waals surface area contributed by atoms with Crippen LogP contribution in [0.4, 0.5) is 0 Å². The Hall–Kier alpha value is -1.32. The highest BCUT2D eigenvalue weighted by Gasteiger charge is 2.19. The van der Waals surface area contributed by atoms with E-state index in [1.807, 2.05) is 6.92 Å². The number of carbonyl (C=O) groups excluding carboxylic acids is 2. The van der Waals surface area contributed by atoms with Crippen LogP contribution in [0.25, 0.3) is 0 Å². The first kappa shape index (κ1) is 28.7. The number of allylic oxidation sites excluding steroid dienone is 1. The van der Waals surface area contributed by atoms with E-state index in [-0.39, 0.29) is 24.1 Å². The molecule has 0 aromatic heterocycles. The van der Waals surface area contributed by atoms with Gasteiger partial charge in [-0.3, -0.25) is 9.59 Å². The zero-order chi connectivity index (χ0) is 22.5. The lowest BCUT2D eigenvalue weighted by Crippen LogP contribution is -2.16. The fourth-order valence-electron chi connectivity index (χ4n) is 3.53. The van der Waals surface area contributed by atoms with Crippen molar-refractivity contribution >= 4 is 11.8 Å². The predicted molar refractivity (Wildman–Crippen MR) is 125 cm³/mol. The van der Waals surface area contributed by atoms with Crippen LogP contribution in [0.5, 0.6) is 0 Å². The minimum atomic E-state index is -0.207. The molecular weight excluding hydrogens is 376 g/mol. The standard InChI is InChI=1S/C26H48O4/c1-5-8-10-12-14-16-18-29-23(4)20-24(21-25(27)7-3)22-26(28)30-19-17-15-13-11-9-6-2/h24H,4-22H2,1-3H3. The molecule has 0 aliphatic rings. The fourth-order valence-corrected chi connectivity index (χ4v) is 3.53. The van der Waals surface area contributed by atoms with Gasteiger partial charge in [0, 0.05) is 25.7 Å². The molecule has 1 unspecified atom stereocenters. The monoisotopic (exact) mass is 424 g/mol. The highest BCUT2D eigenvalue weighted by atomic mass is 16.5. The molecule has 0 aliphatic heterocycles. The summed E-state index contributed by atoms with van der Waals surface area (Å²) in [5, 5.41) is 0. The van der Waals surface area contributed by atoms with E-state index in [1.54, 1.807) is 0 Å². The topological polar surface area (TPSA) is 52.6 Å². The second-order valence-electron chi connectivity index (χ2n) is 8.51. The lowest BCUT2D eigenvalue weighted by molar-refractivity contribution is -0.145. The molecule has 0 saturated carbocycles.